The summed E-state index contributed by atoms with van der Waals surface area (Å²) in [6.07, 6.45) is 5.77. The fourth-order valence-corrected chi connectivity index (χ4v) is 3.88. The van der Waals surface area contributed by atoms with Gasteiger partial charge in [0.05, 0.1) is 24.9 Å². The van der Waals surface area contributed by atoms with Gasteiger partial charge in [0.1, 0.15) is 5.75 Å². The molecule has 8 nitrogen and oxygen atoms in total. The van der Waals surface area contributed by atoms with Crippen LogP contribution in [-0.4, -0.2) is 48.5 Å². The first kappa shape index (κ1) is 19.4. The van der Waals surface area contributed by atoms with Crippen LogP contribution in [0.4, 0.5) is 11.4 Å². The third kappa shape index (κ3) is 4.59. The van der Waals surface area contributed by atoms with Crippen LogP contribution >= 0.6 is 0 Å². The first-order valence-electron chi connectivity index (χ1n) is 9.98. The van der Waals surface area contributed by atoms with Crippen LogP contribution in [0.3, 0.4) is 0 Å². The molecular weight excluding hydrogens is 372 g/mol. The van der Waals surface area contributed by atoms with E-state index in [-0.39, 0.29) is 18.2 Å². The minimum atomic E-state index is -0.396. The molecule has 4 rings (SSSR count). The molecule has 1 N–H and O–H groups in total. The third-order valence-electron chi connectivity index (χ3n) is 5.55. The highest BCUT2D eigenvalue weighted by Gasteiger charge is 2.35. The molecule has 0 spiro atoms. The van der Waals surface area contributed by atoms with E-state index in [1.54, 1.807) is 24.3 Å². The zero-order valence-corrected chi connectivity index (χ0v) is 16.5. The molecule has 2 saturated heterocycles. The van der Waals surface area contributed by atoms with Crippen LogP contribution in [-0.2, 0) is 20.9 Å². The number of rotatable bonds is 6. The van der Waals surface area contributed by atoms with Gasteiger partial charge >= 0.3 is 0 Å². The smallest absolute Gasteiger partial charge is 0.229 e. The molecule has 0 radical (unpaired) electrons. The minimum absolute atomic E-state index is 0.0615. The highest BCUT2D eigenvalue weighted by atomic mass is 16.5. The lowest BCUT2D eigenvalue weighted by molar-refractivity contribution is -0.122. The molecule has 29 heavy (non-hydrogen) atoms. The summed E-state index contributed by atoms with van der Waals surface area (Å²) in [4.78, 5) is 26.8. The zero-order valence-electron chi connectivity index (χ0n) is 16.5. The summed E-state index contributed by atoms with van der Waals surface area (Å²) in [5.74, 6) is 0.617. The molecule has 1 atom stereocenters. The van der Waals surface area contributed by atoms with Crippen molar-refractivity contribution in [1.82, 2.24) is 9.78 Å². The number of nitrogens with zero attached hydrogens (tertiary/aromatic N) is 3. The second-order valence-electron chi connectivity index (χ2n) is 7.60. The standard InChI is InChI=1S/C21H26N4O4/c1-28-19-4-2-3-18(10-19)25-13-16(9-20(25)26)21(27)23-17-11-22-24(14-17)12-15-5-7-29-8-6-15/h2-4,10-11,14-16H,5-9,12-13H2,1H3,(H,23,27). The van der Waals surface area contributed by atoms with Crippen molar-refractivity contribution in [2.45, 2.75) is 25.8 Å². The number of hydrogen-bond acceptors (Lipinski definition) is 5. The average molecular weight is 398 g/mol. The highest BCUT2D eigenvalue weighted by molar-refractivity contribution is 6.03. The largest absolute Gasteiger partial charge is 0.497 e. The van der Waals surface area contributed by atoms with E-state index in [0.29, 0.717) is 23.9 Å². The molecule has 2 aliphatic rings. The lowest BCUT2D eigenvalue weighted by Crippen LogP contribution is -2.28. The summed E-state index contributed by atoms with van der Waals surface area (Å²) in [7, 11) is 1.59. The van der Waals surface area contributed by atoms with Crippen LogP contribution in [0.2, 0.25) is 0 Å². The Morgan fingerprint density at radius 1 is 1.34 bits per heavy atom. The summed E-state index contributed by atoms with van der Waals surface area (Å²) >= 11 is 0. The maximum Gasteiger partial charge on any atom is 0.229 e. The quantitative estimate of drug-likeness (QED) is 0.807. The van der Waals surface area contributed by atoms with E-state index in [2.05, 4.69) is 10.4 Å². The topological polar surface area (TPSA) is 85.7 Å². The Bertz CT molecular complexity index is 875. The first-order valence-corrected chi connectivity index (χ1v) is 9.98. The molecule has 2 fully saturated rings. The number of anilines is 2. The van der Waals surface area contributed by atoms with Crippen molar-refractivity contribution < 1.29 is 19.1 Å². The molecule has 154 valence electrons. The monoisotopic (exact) mass is 398 g/mol. The molecule has 2 aromatic rings. The summed E-state index contributed by atoms with van der Waals surface area (Å²) in [5.41, 5.74) is 1.41. The molecule has 1 aromatic carbocycles. The maximum absolute atomic E-state index is 12.7. The lowest BCUT2D eigenvalue weighted by Gasteiger charge is -2.21. The Labute approximate surface area is 169 Å². The van der Waals surface area contributed by atoms with Gasteiger partial charge in [0.2, 0.25) is 11.8 Å². The molecule has 0 bridgehead atoms. The van der Waals surface area contributed by atoms with Crippen molar-refractivity contribution in [3.63, 3.8) is 0 Å². The van der Waals surface area contributed by atoms with Crippen LogP contribution in [0.15, 0.2) is 36.7 Å². The number of aromatic nitrogens is 2. The summed E-state index contributed by atoms with van der Waals surface area (Å²) in [6, 6.07) is 7.31. The van der Waals surface area contributed by atoms with Crippen molar-refractivity contribution in [2.24, 2.45) is 11.8 Å². The van der Waals surface area contributed by atoms with Gasteiger partial charge in [-0.1, -0.05) is 6.07 Å². The van der Waals surface area contributed by atoms with Gasteiger partial charge in [0.15, 0.2) is 0 Å². The number of benzene rings is 1. The van der Waals surface area contributed by atoms with E-state index in [1.807, 2.05) is 29.1 Å². The Morgan fingerprint density at radius 2 is 2.17 bits per heavy atom. The number of carbonyl (C=O) groups excluding carboxylic acids is 2. The zero-order chi connectivity index (χ0) is 20.2. The van der Waals surface area contributed by atoms with Crippen LogP contribution in [0.5, 0.6) is 5.75 Å². The van der Waals surface area contributed by atoms with Crippen LogP contribution in [0, 0.1) is 11.8 Å². The first-order chi connectivity index (χ1) is 14.1. The molecule has 3 heterocycles. The van der Waals surface area contributed by atoms with Crippen molar-refractivity contribution in [1.29, 1.82) is 0 Å². The normalized spacial score (nSPS) is 20.1. The van der Waals surface area contributed by atoms with E-state index in [1.165, 1.54) is 0 Å². The van der Waals surface area contributed by atoms with Crippen molar-refractivity contribution in [3.8, 4) is 5.75 Å². The second kappa shape index (κ2) is 8.65. The summed E-state index contributed by atoms with van der Waals surface area (Å²) in [5, 5.41) is 7.26. The second-order valence-corrected chi connectivity index (χ2v) is 7.60. The summed E-state index contributed by atoms with van der Waals surface area (Å²) in [6.45, 7) is 2.78. The predicted molar refractivity (Wildman–Crippen MR) is 108 cm³/mol. The SMILES string of the molecule is COc1cccc(N2CC(C(=O)Nc3cnn(CC4CCOCC4)c3)CC2=O)c1. The van der Waals surface area contributed by atoms with Crippen molar-refractivity contribution >= 4 is 23.2 Å². The lowest BCUT2D eigenvalue weighted by atomic mass is 10.0. The maximum atomic E-state index is 12.7. The van der Waals surface area contributed by atoms with Gasteiger partial charge in [0, 0.05) is 50.7 Å². The molecule has 1 unspecified atom stereocenters. The van der Waals surface area contributed by atoms with Crippen LogP contribution in [0.1, 0.15) is 19.3 Å². The van der Waals surface area contributed by atoms with E-state index in [0.717, 1.165) is 38.3 Å². The van der Waals surface area contributed by atoms with Gasteiger partial charge in [-0.25, -0.2) is 0 Å². The van der Waals surface area contributed by atoms with E-state index >= 15 is 0 Å². The van der Waals surface area contributed by atoms with Gasteiger partial charge in [-0.05, 0) is 30.9 Å². The molecule has 2 aliphatic heterocycles. The van der Waals surface area contributed by atoms with Crippen molar-refractivity contribution in [2.75, 3.05) is 37.1 Å². The van der Waals surface area contributed by atoms with E-state index in [9.17, 15) is 9.59 Å². The number of ether oxygens (including phenoxy) is 2. The van der Waals surface area contributed by atoms with Gasteiger partial charge in [-0.15, -0.1) is 0 Å². The minimum Gasteiger partial charge on any atom is -0.497 e. The Kier molecular flexibility index (Phi) is 5.80. The fraction of sp³-hybridized carbons (Fsp3) is 0.476. The molecule has 2 amide bonds. The van der Waals surface area contributed by atoms with Crippen LogP contribution < -0.4 is 15.0 Å². The van der Waals surface area contributed by atoms with E-state index in [4.69, 9.17) is 9.47 Å². The fourth-order valence-electron chi connectivity index (χ4n) is 3.88. The Morgan fingerprint density at radius 3 is 2.97 bits per heavy atom. The number of hydrogen-bond donors (Lipinski definition) is 1. The Hall–Kier alpha value is -2.87. The highest BCUT2D eigenvalue weighted by Crippen LogP contribution is 2.28. The number of carbonyl (C=O) groups is 2. The van der Waals surface area contributed by atoms with Crippen LogP contribution in [0.25, 0.3) is 0 Å². The molecule has 8 heteroatoms. The Balaban J connectivity index is 1.35. The molecular formula is C21H26N4O4. The molecule has 1 aromatic heterocycles. The van der Waals surface area contributed by atoms with E-state index < -0.39 is 5.92 Å². The van der Waals surface area contributed by atoms with Crippen molar-refractivity contribution in [3.05, 3.63) is 36.7 Å². The van der Waals surface area contributed by atoms with Gasteiger partial charge < -0.3 is 19.7 Å². The van der Waals surface area contributed by atoms with Gasteiger partial charge in [-0.3, -0.25) is 14.3 Å². The average Bonchev–Trinajstić information content (AvgIpc) is 3.35. The predicted octanol–water partition coefficient (Wildman–Crippen LogP) is 2.31. The number of nitrogens with one attached hydrogen (secondary N) is 1. The van der Waals surface area contributed by atoms with Gasteiger partial charge in [-0.2, -0.15) is 5.10 Å². The number of amides is 2. The molecule has 0 saturated carbocycles. The third-order valence-corrected chi connectivity index (χ3v) is 5.55. The number of methoxy groups -OCH3 is 1. The van der Waals surface area contributed by atoms with Gasteiger partial charge in [0.25, 0.3) is 0 Å². The molecule has 0 aliphatic carbocycles. The summed E-state index contributed by atoms with van der Waals surface area (Å²) < 4.78 is 12.5.